The standard InChI is InChI=1S/C17H19FN2O4/c1-9(2)4-3-7-23-12-6-5-10-8-11-15(21)19-17(22)20-16(11)24-14(10)13(12)18/h5-6,8-9,17,22H,3-4,7H2,1-2H3,(H,19,21). The molecule has 0 radical (unpaired) electrons. The lowest BCUT2D eigenvalue weighted by atomic mass is 10.0. The van der Waals surface area contributed by atoms with E-state index >= 15 is 0 Å². The number of hydrogen-bond donors (Lipinski definition) is 2. The van der Waals surface area contributed by atoms with Gasteiger partial charge in [-0.1, -0.05) is 13.8 Å². The second kappa shape index (κ2) is 6.60. The van der Waals surface area contributed by atoms with Crippen molar-refractivity contribution in [2.24, 2.45) is 10.9 Å². The van der Waals surface area contributed by atoms with Gasteiger partial charge in [-0.15, -0.1) is 0 Å². The van der Waals surface area contributed by atoms with Gasteiger partial charge in [-0.25, -0.2) is 0 Å². The SMILES string of the molecule is CC(C)CCCOc1ccc2c(c1F)OC1=NC(O)NC(=O)C1=C2. The molecule has 1 aromatic carbocycles. The van der Waals surface area contributed by atoms with E-state index in [-0.39, 0.29) is 23.0 Å². The molecule has 3 rings (SSSR count). The zero-order valence-electron chi connectivity index (χ0n) is 13.5. The molecule has 0 saturated carbocycles. The van der Waals surface area contributed by atoms with E-state index in [1.54, 1.807) is 6.07 Å². The third-order valence-corrected chi connectivity index (χ3v) is 3.75. The van der Waals surface area contributed by atoms with Gasteiger partial charge in [-0.3, -0.25) is 4.79 Å². The number of rotatable bonds is 5. The molecule has 1 amide bonds. The second-order valence-corrected chi connectivity index (χ2v) is 6.12. The third kappa shape index (κ3) is 3.26. The van der Waals surface area contributed by atoms with Crippen LogP contribution in [0.25, 0.3) is 6.08 Å². The van der Waals surface area contributed by atoms with E-state index in [0.717, 1.165) is 12.8 Å². The lowest BCUT2D eigenvalue weighted by molar-refractivity contribution is -0.120. The Hall–Kier alpha value is -2.41. The summed E-state index contributed by atoms with van der Waals surface area (Å²) in [4.78, 5) is 15.6. The fraction of sp³-hybridized carbons (Fsp3) is 0.412. The number of carbonyl (C=O) groups is 1. The monoisotopic (exact) mass is 334 g/mol. The van der Waals surface area contributed by atoms with Gasteiger partial charge in [-0.2, -0.15) is 9.38 Å². The molecular formula is C17H19FN2O4. The van der Waals surface area contributed by atoms with Crippen LogP contribution in [-0.2, 0) is 4.79 Å². The van der Waals surface area contributed by atoms with Gasteiger partial charge < -0.3 is 19.9 Å². The molecule has 24 heavy (non-hydrogen) atoms. The molecule has 0 spiro atoms. The fourth-order valence-corrected chi connectivity index (χ4v) is 2.52. The maximum atomic E-state index is 14.6. The van der Waals surface area contributed by atoms with Crippen LogP contribution in [0.4, 0.5) is 4.39 Å². The van der Waals surface area contributed by atoms with Gasteiger partial charge in [0, 0.05) is 5.56 Å². The zero-order chi connectivity index (χ0) is 17.3. The lowest BCUT2D eigenvalue weighted by Gasteiger charge is -2.24. The van der Waals surface area contributed by atoms with Gasteiger partial charge in [-0.05, 0) is 37.0 Å². The Kier molecular flexibility index (Phi) is 4.53. The van der Waals surface area contributed by atoms with E-state index in [2.05, 4.69) is 24.2 Å². The summed E-state index contributed by atoms with van der Waals surface area (Å²) in [5.41, 5.74) is 0.570. The van der Waals surface area contributed by atoms with Gasteiger partial charge >= 0.3 is 0 Å². The molecule has 1 atom stereocenters. The van der Waals surface area contributed by atoms with Crippen LogP contribution < -0.4 is 14.8 Å². The Bertz CT molecular complexity index is 728. The summed E-state index contributed by atoms with van der Waals surface area (Å²) < 4.78 is 25.5. The van der Waals surface area contributed by atoms with Crippen LogP contribution in [0.15, 0.2) is 22.7 Å². The second-order valence-electron chi connectivity index (χ2n) is 6.12. The van der Waals surface area contributed by atoms with Gasteiger partial charge in [0.15, 0.2) is 11.5 Å². The average Bonchev–Trinajstić information content (AvgIpc) is 2.52. The number of ether oxygens (including phenoxy) is 2. The van der Waals surface area contributed by atoms with Crippen molar-refractivity contribution in [1.29, 1.82) is 0 Å². The maximum Gasteiger partial charge on any atom is 0.260 e. The minimum Gasteiger partial charge on any atom is -0.490 e. The highest BCUT2D eigenvalue weighted by molar-refractivity contribution is 6.24. The summed E-state index contributed by atoms with van der Waals surface area (Å²) >= 11 is 0. The van der Waals surface area contributed by atoms with Crippen molar-refractivity contribution in [2.75, 3.05) is 6.61 Å². The maximum absolute atomic E-state index is 14.6. The molecule has 1 unspecified atom stereocenters. The highest BCUT2D eigenvalue weighted by atomic mass is 19.1. The molecule has 0 bridgehead atoms. The number of benzene rings is 1. The van der Waals surface area contributed by atoms with E-state index in [9.17, 15) is 14.3 Å². The van der Waals surface area contributed by atoms with Crippen LogP contribution in [0, 0.1) is 11.7 Å². The van der Waals surface area contributed by atoms with Crippen LogP contribution in [-0.4, -0.2) is 29.9 Å². The minimum atomic E-state index is -1.40. The number of nitrogens with one attached hydrogen (secondary N) is 1. The molecule has 2 aliphatic heterocycles. The summed E-state index contributed by atoms with van der Waals surface area (Å²) in [5, 5.41) is 11.7. The van der Waals surface area contributed by atoms with Gasteiger partial charge in [0.25, 0.3) is 5.91 Å². The number of halogens is 1. The molecular weight excluding hydrogens is 315 g/mol. The topological polar surface area (TPSA) is 80.2 Å². The Morgan fingerprint density at radius 2 is 2.25 bits per heavy atom. The van der Waals surface area contributed by atoms with Crippen LogP contribution in [0.3, 0.4) is 0 Å². The minimum absolute atomic E-state index is 0.0549. The molecule has 6 nitrogen and oxygen atoms in total. The van der Waals surface area contributed by atoms with Crippen LogP contribution in [0.5, 0.6) is 11.5 Å². The van der Waals surface area contributed by atoms with E-state index in [1.807, 2.05) is 0 Å². The third-order valence-electron chi connectivity index (χ3n) is 3.75. The summed E-state index contributed by atoms with van der Waals surface area (Å²) in [6.45, 7) is 4.65. The predicted molar refractivity (Wildman–Crippen MR) is 86.2 cm³/mol. The van der Waals surface area contributed by atoms with Crippen molar-refractivity contribution in [2.45, 2.75) is 33.0 Å². The van der Waals surface area contributed by atoms with Crippen LogP contribution in [0.1, 0.15) is 32.3 Å². The van der Waals surface area contributed by atoms with Crippen molar-refractivity contribution in [3.63, 3.8) is 0 Å². The van der Waals surface area contributed by atoms with Crippen molar-refractivity contribution >= 4 is 17.9 Å². The van der Waals surface area contributed by atoms with E-state index in [4.69, 9.17) is 9.47 Å². The fourth-order valence-electron chi connectivity index (χ4n) is 2.52. The van der Waals surface area contributed by atoms with Crippen LogP contribution in [0.2, 0.25) is 0 Å². The molecule has 7 heteroatoms. The Balaban J connectivity index is 1.82. The quantitative estimate of drug-likeness (QED) is 0.809. The van der Waals surface area contributed by atoms with E-state index < -0.39 is 18.1 Å². The molecule has 128 valence electrons. The van der Waals surface area contributed by atoms with Gasteiger partial charge in [0.1, 0.15) is 5.57 Å². The normalized spacial score (nSPS) is 18.9. The number of nitrogens with zero attached hydrogens (tertiary/aromatic N) is 1. The van der Waals surface area contributed by atoms with Crippen molar-refractivity contribution in [3.8, 4) is 11.5 Å². The first-order valence-electron chi connectivity index (χ1n) is 7.87. The highest BCUT2D eigenvalue weighted by Gasteiger charge is 2.32. The molecule has 2 aliphatic rings. The molecule has 2 heterocycles. The molecule has 0 aromatic heterocycles. The lowest BCUT2D eigenvalue weighted by Crippen LogP contribution is -2.43. The summed E-state index contributed by atoms with van der Waals surface area (Å²) in [6, 6.07) is 3.14. The predicted octanol–water partition coefficient (Wildman–Crippen LogP) is 2.22. The first kappa shape index (κ1) is 16.4. The summed E-state index contributed by atoms with van der Waals surface area (Å²) in [6.07, 6.45) is 1.91. The first-order chi connectivity index (χ1) is 11.5. The van der Waals surface area contributed by atoms with Crippen molar-refractivity contribution in [3.05, 3.63) is 29.1 Å². The smallest absolute Gasteiger partial charge is 0.260 e. The number of carbonyl (C=O) groups excluding carboxylic acids is 1. The zero-order valence-corrected chi connectivity index (χ0v) is 13.5. The van der Waals surface area contributed by atoms with Crippen molar-refractivity contribution < 1.29 is 23.8 Å². The number of fused-ring (bicyclic) bond motifs is 2. The van der Waals surface area contributed by atoms with Gasteiger partial charge in [0.05, 0.1) is 6.61 Å². The van der Waals surface area contributed by atoms with Gasteiger partial charge in [0.2, 0.25) is 18.1 Å². The molecule has 0 saturated heterocycles. The molecule has 0 aliphatic carbocycles. The first-order valence-corrected chi connectivity index (χ1v) is 7.87. The van der Waals surface area contributed by atoms with Crippen LogP contribution >= 0.6 is 0 Å². The largest absolute Gasteiger partial charge is 0.490 e. The Morgan fingerprint density at radius 1 is 1.46 bits per heavy atom. The Labute approximate surface area is 139 Å². The van der Waals surface area contributed by atoms with Crippen molar-refractivity contribution in [1.82, 2.24) is 5.32 Å². The number of aliphatic imine (C=N–C) groups is 1. The highest BCUT2D eigenvalue weighted by Crippen LogP contribution is 2.36. The number of amides is 1. The van der Waals surface area contributed by atoms with E-state index in [0.29, 0.717) is 18.1 Å². The number of hydrogen-bond acceptors (Lipinski definition) is 5. The summed E-state index contributed by atoms with van der Waals surface area (Å²) in [5.74, 6) is -0.662. The number of aliphatic hydroxyl groups is 1. The number of aliphatic hydroxyl groups excluding tert-OH is 1. The average molecular weight is 334 g/mol. The molecule has 2 N–H and O–H groups in total. The van der Waals surface area contributed by atoms with E-state index in [1.165, 1.54) is 12.1 Å². The Morgan fingerprint density at radius 3 is 3.00 bits per heavy atom. The molecule has 1 aromatic rings. The summed E-state index contributed by atoms with van der Waals surface area (Å²) in [7, 11) is 0. The molecule has 0 fully saturated rings.